The highest BCUT2D eigenvalue weighted by Gasteiger charge is 2.25. The van der Waals surface area contributed by atoms with Gasteiger partial charge in [-0.1, -0.05) is 212 Å². The Morgan fingerprint density at radius 1 is 0.167 bits per heavy atom. The molecule has 21 aromatic rings. The molecule has 0 unspecified atom stereocenters. The predicted octanol–water partition coefficient (Wildman–Crippen LogP) is 25.0. The van der Waals surface area contributed by atoms with Crippen LogP contribution in [0.3, 0.4) is 0 Å². The minimum Gasteiger partial charge on any atom is -0.456 e. The van der Waals surface area contributed by atoms with Gasteiger partial charge in [0, 0.05) is 81.7 Å². The molecule has 0 saturated heterocycles. The summed E-state index contributed by atoms with van der Waals surface area (Å²) >= 11 is 0. The van der Waals surface area contributed by atoms with Crippen LogP contribution in [-0.4, -0.2) is 13.7 Å². The largest absolute Gasteiger partial charge is 0.456 e. The van der Waals surface area contributed by atoms with Gasteiger partial charge in [0.05, 0.1) is 33.1 Å². The summed E-state index contributed by atoms with van der Waals surface area (Å²) < 4.78 is 26.9. The van der Waals surface area contributed by atoms with E-state index in [0.29, 0.717) is 0 Å². The van der Waals surface area contributed by atoms with Crippen LogP contribution in [0.4, 0.5) is 0 Å². The van der Waals surface area contributed by atoms with E-state index < -0.39 is 0 Å². The molecule has 6 nitrogen and oxygen atoms in total. The maximum absolute atomic E-state index is 6.53. The van der Waals surface area contributed by atoms with Crippen LogP contribution in [0.2, 0.25) is 0 Å². The molecule has 0 bridgehead atoms. The molecular formula is C90H53N3O3. The van der Waals surface area contributed by atoms with E-state index in [9.17, 15) is 0 Å². The second-order valence-electron chi connectivity index (χ2n) is 25.4. The minimum atomic E-state index is 0.875. The second kappa shape index (κ2) is 20.3. The predicted molar refractivity (Wildman–Crippen MR) is 398 cm³/mol. The second-order valence-corrected chi connectivity index (χ2v) is 25.4. The standard InChI is InChI=1S/C90H53N3O3/c1-7-37-73-67(25-1)85-61(64-34-18-46-82-88(64)70-28-4-10-43-79(70)94-82)31-15-40-76(85)91(73)58-24-14-23-56(50-58)54-21-13-22-55(49-54)57-51-59(92-74-38-8-2-26-68(74)86-62(32-16-41-77(86)92)65-35-19-47-83-89(65)71-29-5-11-44-80(71)95-83)53-60(52-57)93-75-39-9-3-27-69(75)87-63(33-17-42-78(87)93)66-36-20-48-84-90(66)72-30-6-12-45-81(72)96-84/h1-53H. The van der Waals surface area contributed by atoms with Crippen LogP contribution < -0.4 is 0 Å². The highest BCUT2D eigenvalue weighted by Crippen LogP contribution is 2.49. The molecule has 0 fully saturated rings. The zero-order valence-corrected chi connectivity index (χ0v) is 51.7. The lowest BCUT2D eigenvalue weighted by Crippen LogP contribution is -2.00. The first-order chi connectivity index (χ1) is 47.6. The van der Waals surface area contributed by atoms with Gasteiger partial charge < -0.3 is 27.0 Å². The fraction of sp³-hybridized carbons (Fsp3) is 0. The van der Waals surface area contributed by atoms with Crippen molar-refractivity contribution in [1.82, 2.24) is 13.7 Å². The average molecular weight is 1220 g/mol. The highest BCUT2D eigenvalue weighted by molar-refractivity contribution is 6.24. The van der Waals surface area contributed by atoms with E-state index in [2.05, 4.69) is 317 Å². The zero-order chi connectivity index (χ0) is 62.7. The van der Waals surface area contributed by atoms with E-state index in [1.807, 2.05) is 18.2 Å². The molecule has 6 heterocycles. The van der Waals surface area contributed by atoms with E-state index >= 15 is 0 Å². The Hall–Kier alpha value is -12.9. The van der Waals surface area contributed by atoms with Crippen LogP contribution in [0.25, 0.3) is 204 Å². The molecule has 21 rings (SSSR count). The van der Waals surface area contributed by atoms with E-state index in [0.717, 1.165) is 166 Å². The molecule has 0 radical (unpaired) electrons. The first-order valence-corrected chi connectivity index (χ1v) is 32.8. The topological polar surface area (TPSA) is 54.2 Å². The molecule has 0 aliphatic carbocycles. The quantitative estimate of drug-likeness (QED) is 0.152. The van der Waals surface area contributed by atoms with Crippen LogP contribution in [-0.2, 0) is 0 Å². The lowest BCUT2D eigenvalue weighted by molar-refractivity contribution is 0.668. The molecular weight excluding hydrogens is 1170 g/mol. The first-order valence-electron chi connectivity index (χ1n) is 32.8. The average Bonchev–Trinajstić information content (AvgIpc) is 1.65. The minimum absolute atomic E-state index is 0.875. The van der Waals surface area contributed by atoms with Gasteiger partial charge in [0.15, 0.2) is 0 Å². The van der Waals surface area contributed by atoms with E-state index in [1.54, 1.807) is 0 Å². The molecule has 0 aliphatic heterocycles. The number of fused-ring (bicyclic) bond motifs is 18. The zero-order valence-electron chi connectivity index (χ0n) is 51.7. The monoisotopic (exact) mass is 1220 g/mol. The molecule has 96 heavy (non-hydrogen) atoms. The summed E-state index contributed by atoms with van der Waals surface area (Å²) in [5.41, 5.74) is 26.6. The Morgan fingerprint density at radius 3 is 0.844 bits per heavy atom. The van der Waals surface area contributed by atoms with Crippen molar-refractivity contribution in [3.63, 3.8) is 0 Å². The molecule has 6 heteroatoms. The lowest BCUT2D eigenvalue weighted by atomic mass is 9.95. The van der Waals surface area contributed by atoms with E-state index in [4.69, 9.17) is 13.3 Å². The van der Waals surface area contributed by atoms with Gasteiger partial charge in [-0.05, 0) is 165 Å². The summed E-state index contributed by atoms with van der Waals surface area (Å²) in [6, 6.07) is 117. The first kappa shape index (κ1) is 52.7. The van der Waals surface area contributed by atoms with Crippen molar-refractivity contribution in [2.75, 3.05) is 0 Å². The summed E-state index contributed by atoms with van der Waals surface area (Å²) in [6.07, 6.45) is 0. The number of aromatic nitrogens is 3. The molecule has 446 valence electrons. The van der Waals surface area contributed by atoms with Gasteiger partial charge in [0.2, 0.25) is 0 Å². The van der Waals surface area contributed by atoms with Gasteiger partial charge in [-0.25, -0.2) is 0 Å². The number of hydrogen-bond acceptors (Lipinski definition) is 3. The van der Waals surface area contributed by atoms with Crippen LogP contribution in [0, 0.1) is 0 Å². The van der Waals surface area contributed by atoms with Gasteiger partial charge in [-0.15, -0.1) is 0 Å². The van der Waals surface area contributed by atoms with Crippen molar-refractivity contribution >= 4 is 131 Å². The lowest BCUT2D eigenvalue weighted by Gasteiger charge is -2.17. The Morgan fingerprint density at radius 2 is 0.438 bits per heavy atom. The third kappa shape index (κ3) is 7.63. The van der Waals surface area contributed by atoms with Gasteiger partial charge in [0.25, 0.3) is 0 Å². The molecule has 0 atom stereocenters. The number of para-hydroxylation sites is 6. The molecule has 15 aromatic carbocycles. The number of nitrogens with zero attached hydrogens (tertiary/aromatic N) is 3. The van der Waals surface area contributed by atoms with Gasteiger partial charge in [-0.2, -0.15) is 0 Å². The molecule has 0 amide bonds. The Kier molecular flexibility index (Phi) is 11.1. The van der Waals surface area contributed by atoms with Gasteiger partial charge >= 0.3 is 0 Å². The molecule has 0 aliphatic rings. The maximum Gasteiger partial charge on any atom is 0.136 e. The maximum atomic E-state index is 6.53. The number of furan rings is 3. The van der Waals surface area contributed by atoms with Crippen LogP contribution in [0.15, 0.2) is 335 Å². The van der Waals surface area contributed by atoms with Crippen molar-refractivity contribution < 1.29 is 13.3 Å². The Balaban J connectivity index is 0.776. The van der Waals surface area contributed by atoms with Crippen LogP contribution in [0.5, 0.6) is 0 Å². The molecule has 6 aromatic heterocycles. The fourth-order valence-electron chi connectivity index (χ4n) is 16.3. The SMILES string of the molecule is c1cc(-c2cccc(-n3c4ccccc4c4c(-c5cccc6oc7ccccc7c56)cccc43)c2)cc(-c2cc(-n3c4ccccc4c4c(-c5cccc6oc7ccccc7c56)cccc43)cc(-n3c4ccccc4c4c(-c5cccc6oc7ccccc7c56)cccc43)c2)c1. The number of rotatable bonds is 8. The van der Waals surface area contributed by atoms with E-state index in [-0.39, 0.29) is 0 Å². The van der Waals surface area contributed by atoms with Crippen molar-refractivity contribution in [3.05, 3.63) is 322 Å². The Bertz CT molecular complexity index is 6610. The fourth-order valence-corrected chi connectivity index (χ4v) is 16.3. The van der Waals surface area contributed by atoms with Crippen molar-refractivity contribution in [3.8, 4) is 72.7 Å². The molecule has 0 N–H and O–H groups in total. The molecule has 0 spiro atoms. The Labute approximate surface area is 549 Å². The summed E-state index contributed by atoms with van der Waals surface area (Å²) in [5.74, 6) is 0. The van der Waals surface area contributed by atoms with Gasteiger partial charge in [0.1, 0.15) is 33.5 Å². The van der Waals surface area contributed by atoms with Crippen molar-refractivity contribution in [1.29, 1.82) is 0 Å². The van der Waals surface area contributed by atoms with Gasteiger partial charge in [-0.3, -0.25) is 0 Å². The van der Waals surface area contributed by atoms with Crippen LogP contribution >= 0.6 is 0 Å². The number of hydrogen-bond donors (Lipinski definition) is 0. The van der Waals surface area contributed by atoms with Crippen molar-refractivity contribution in [2.45, 2.75) is 0 Å². The summed E-state index contributed by atoms with van der Waals surface area (Å²) in [7, 11) is 0. The summed E-state index contributed by atoms with van der Waals surface area (Å²) in [5, 5.41) is 13.8. The highest BCUT2D eigenvalue weighted by atomic mass is 16.3. The number of benzene rings is 15. The normalized spacial score (nSPS) is 12.2. The summed E-state index contributed by atoms with van der Waals surface area (Å²) in [6.45, 7) is 0. The smallest absolute Gasteiger partial charge is 0.136 e. The molecule has 0 saturated carbocycles. The van der Waals surface area contributed by atoms with Crippen molar-refractivity contribution in [2.24, 2.45) is 0 Å². The third-order valence-corrected chi connectivity index (χ3v) is 20.2. The summed E-state index contributed by atoms with van der Waals surface area (Å²) in [4.78, 5) is 0. The van der Waals surface area contributed by atoms with E-state index in [1.165, 1.54) is 37.9 Å². The third-order valence-electron chi connectivity index (χ3n) is 20.2. The van der Waals surface area contributed by atoms with Crippen LogP contribution in [0.1, 0.15) is 0 Å².